The van der Waals surface area contributed by atoms with Crippen molar-refractivity contribution in [1.29, 1.82) is 0 Å². The number of hydrogen-bond acceptors (Lipinski definition) is 5. The third kappa shape index (κ3) is 5.92. The second kappa shape index (κ2) is 12.4. The van der Waals surface area contributed by atoms with Crippen LogP contribution in [0.15, 0.2) is 24.3 Å². The molecule has 38 heavy (non-hydrogen) atoms. The molecule has 4 bridgehead atoms. The molecule has 0 spiro atoms. The standard InChI is InChI=1S/C30H44FN3O4/c1-19-21-5-9-24(19)26(17-21)29(35)32-11-13-37-15-16-38-14-12-33-30(36)28-25(20-3-6-22(31)7-4-20)18-23-8-10-27(28)34(23)2/h3-4,6-7,19,21,23-28H,5,8-18H2,1-2H3,(H,32,35)(H,33,36). The zero-order valence-electron chi connectivity index (χ0n) is 22.9. The van der Waals surface area contributed by atoms with Gasteiger partial charge in [-0.1, -0.05) is 19.1 Å². The van der Waals surface area contributed by atoms with E-state index in [0.717, 1.165) is 37.2 Å². The van der Waals surface area contributed by atoms with Gasteiger partial charge < -0.3 is 20.1 Å². The zero-order chi connectivity index (χ0) is 26.6. The molecule has 2 saturated carbocycles. The Labute approximate surface area is 226 Å². The molecule has 8 heteroatoms. The summed E-state index contributed by atoms with van der Waals surface area (Å²) in [6.07, 6.45) is 6.59. The summed E-state index contributed by atoms with van der Waals surface area (Å²) in [6, 6.07) is 7.35. The SMILES string of the molecule is CC1C2CCC1C(C(=O)NCCOCCOCCNC(=O)C1C(c3ccc(F)cc3)CC3CCC1N3C)C2. The van der Waals surface area contributed by atoms with E-state index in [9.17, 15) is 14.0 Å². The molecule has 7 nitrogen and oxygen atoms in total. The minimum absolute atomic E-state index is 0.0528. The summed E-state index contributed by atoms with van der Waals surface area (Å²) in [5.74, 6) is 2.15. The summed E-state index contributed by atoms with van der Waals surface area (Å²) in [6.45, 7) is 5.08. The van der Waals surface area contributed by atoms with Crippen molar-refractivity contribution < 1.29 is 23.5 Å². The molecular weight excluding hydrogens is 485 g/mol. The number of nitrogens with one attached hydrogen (secondary N) is 2. The Kier molecular flexibility index (Phi) is 9.01. The minimum Gasteiger partial charge on any atom is -0.377 e. The van der Waals surface area contributed by atoms with Crippen molar-refractivity contribution in [1.82, 2.24) is 15.5 Å². The van der Waals surface area contributed by atoms with E-state index in [2.05, 4.69) is 29.5 Å². The number of hydrogen-bond donors (Lipinski definition) is 2. The molecule has 2 N–H and O–H groups in total. The molecule has 4 aliphatic rings. The summed E-state index contributed by atoms with van der Waals surface area (Å²) in [4.78, 5) is 28.1. The monoisotopic (exact) mass is 529 g/mol. The van der Waals surface area contributed by atoms with Gasteiger partial charge in [0, 0.05) is 31.1 Å². The van der Waals surface area contributed by atoms with Crippen LogP contribution in [0.2, 0.25) is 0 Å². The maximum Gasteiger partial charge on any atom is 0.225 e. The Morgan fingerprint density at radius 3 is 2.24 bits per heavy atom. The summed E-state index contributed by atoms with van der Waals surface area (Å²) in [5.41, 5.74) is 1.05. The molecule has 210 valence electrons. The van der Waals surface area contributed by atoms with Gasteiger partial charge in [-0.3, -0.25) is 14.5 Å². The molecule has 5 rings (SSSR count). The zero-order valence-corrected chi connectivity index (χ0v) is 22.9. The molecule has 8 atom stereocenters. The van der Waals surface area contributed by atoms with Gasteiger partial charge in [0.15, 0.2) is 0 Å². The van der Waals surface area contributed by atoms with Gasteiger partial charge in [-0.2, -0.15) is 0 Å². The van der Waals surface area contributed by atoms with Gasteiger partial charge in [0.2, 0.25) is 11.8 Å². The molecule has 1 aromatic carbocycles. The van der Waals surface area contributed by atoms with Gasteiger partial charge >= 0.3 is 0 Å². The first-order valence-electron chi connectivity index (χ1n) is 14.6. The van der Waals surface area contributed by atoms with E-state index in [4.69, 9.17) is 9.47 Å². The molecule has 8 unspecified atom stereocenters. The number of halogens is 1. The van der Waals surface area contributed by atoms with Crippen LogP contribution in [0.1, 0.15) is 56.9 Å². The molecule has 0 radical (unpaired) electrons. The van der Waals surface area contributed by atoms with E-state index in [1.165, 1.54) is 25.0 Å². The van der Waals surface area contributed by atoms with Crippen molar-refractivity contribution in [3.05, 3.63) is 35.6 Å². The van der Waals surface area contributed by atoms with E-state index in [-0.39, 0.29) is 41.4 Å². The third-order valence-electron chi connectivity index (χ3n) is 10.0. The lowest BCUT2D eigenvalue weighted by molar-refractivity contribution is -0.129. The Morgan fingerprint density at radius 1 is 0.921 bits per heavy atom. The van der Waals surface area contributed by atoms with E-state index in [1.807, 2.05) is 12.1 Å². The van der Waals surface area contributed by atoms with Crippen molar-refractivity contribution in [2.24, 2.45) is 29.6 Å². The maximum absolute atomic E-state index is 13.5. The molecule has 1 aromatic rings. The van der Waals surface area contributed by atoms with E-state index >= 15 is 0 Å². The van der Waals surface area contributed by atoms with Gasteiger partial charge in [-0.05, 0) is 86.9 Å². The smallest absolute Gasteiger partial charge is 0.225 e. The fourth-order valence-corrected chi connectivity index (χ4v) is 7.93. The number of carbonyl (C=O) groups excluding carboxylic acids is 2. The first-order valence-corrected chi connectivity index (χ1v) is 14.6. The van der Waals surface area contributed by atoms with Crippen LogP contribution < -0.4 is 10.6 Å². The molecule has 2 aliphatic heterocycles. The van der Waals surface area contributed by atoms with Crippen LogP contribution in [0.25, 0.3) is 0 Å². The maximum atomic E-state index is 13.5. The lowest BCUT2D eigenvalue weighted by Crippen LogP contribution is -2.52. The average Bonchev–Trinajstić information content (AvgIpc) is 3.50. The molecule has 4 fully saturated rings. The number of benzene rings is 1. The van der Waals surface area contributed by atoms with Crippen LogP contribution in [0.4, 0.5) is 4.39 Å². The van der Waals surface area contributed by atoms with Crippen molar-refractivity contribution >= 4 is 11.8 Å². The van der Waals surface area contributed by atoms with E-state index in [1.54, 1.807) is 0 Å². The lowest BCUT2D eigenvalue weighted by atomic mass is 9.75. The number of amides is 2. The highest BCUT2D eigenvalue weighted by atomic mass is 19.1. The fourth-order valence-electron chi connectivity index (χ4n) is 7.93. The highest BCUT2D eigenvalue weighted by Crippen LogP contribution is 2.52. The van der Waals surface area contributed by atoms with Crippen LogP contribution in [0.5, 0.6) is 0 Å². The topological polar surface area (TPSA) is 79.9 Å². The van der Waals surface area contributed by atoms with Crippen molar-refractivity contribution in [3.8, 4) is 0 Å². The number of ether oxygens (including phenoxy) is 2. The van der Waals surface area contributed by atoms with Crippen molar-refractivity contribution in [2.75, 3.05) is 46.6 Å². The second-order valence-corrected chi connectivity index (χ2v) is 11.9. The number of piperidine rings is 1. The first kappa shape index (κ1) is 27.5. The van der Waals surface area contributed by atoms with Crippen LogP contribution in [0, 0.1) is 35.4 Å². The van der Waals surface area contributed by atoms with Gasteiger partial charge in [0.1, 0.15) is 5.82 Å². The molecule has 2 heterocycles. The van der Waals surface area contributed by atoms with E-state index in [0.29, 0.717) is 57.4 Å². The lowest BCUT2D eigenvalue weighted by Gasteiger charge is -2.42. The predicted octanol–water partition coefficient (Wildman–Crippen LogP) is 3.34. The quantitative estimate of drug-likeness (QED) is 0.406. The first-order chi connectivity index (χ1) is 18.4. The van der Waals surface area contributed by atoms with Crippen molar-refractivity contribution in [2.45, 2.75) is 63.5 Å². The van der Waals surface area contributed by atoms with Gasteiger partial charge in [0.25, 0.3) is 0 Å². The number of fused-ring (bicyclic) bond motifs is 4. The normalized spacial score (nSPS) is 34.0. The Hall–Kier alpha value is -2.03. The minimum atomic E-state index is -0.248. The van der Waals surface area contributed by atoms with Gasteiger partial charge in [-0.25, -0.2) is 4.39 Å². The van der Waals surface area contributed by atoms with Crippen LogP contribution >= 0.6 is 0 Å². The molecule has 2 aliphatic carbocycles. The highest BCUT2D eigenvalue weighted by Gasteiger charge is 2.49. The summed E-state index contributed by atoms with van der Waals surface area (Å²) in [7, 11) is 2.12. The van der Waals surface area contributed by atoms with Crippen LogP contribution in [0.3, 0.4) is 0 Å². The summed E-state index contributed by atoms with van der Waals surface area (Å²) >= 11 is 0. The van der Waals surface area contributed by atoms with Crippen LogP contribution in [-0.4, -0.2) is 75.4 Å². The molecule has 2 saturated heterocycles. The van der Waals surface area contributed by atoms with Crippen LogP contribution in [-0.2, 0) is 19.1 Å². The fraction of sp³-hybridized carbons (Fsp3) is 0.733. The Morgan fingerprint density at radius 2 is 1.61 bits per heavy atom. The largest absolute Gasteiger partial charge is 0.377 e. The molecule has 0 aromatic heterocycles. The number of carbonyl (C=O) groups is 2. The second-order valence-electron chi connectivity index (χ2n) is 11.9. The average molecular weight is 530 g/mol. The summed E-state index contributed by atoms with van der Waals surface area (Å²) in [5, 5.41) is 6.12. The molecular formula is C30H44FN3O4. The Balaban J connectivity index is 0.957. The van der Waals surface area contributed by atoms with Crippen molar-refractivity contribution in [3.63, 3.8) is 0 Å². The summed E-state index contributed by atoms with van der Waals surface area (Å²) < 4.78 is 24.8. The van der Waals surface area contributed by atoms with E-state index < -0.39 is 0 Å². The number of rotatable bonds is 12. The Bertz CT molecular complexity index is 959. The third-order valence-corrected chi connectivity index (χ3v) is 10.0. The van der Waals surface area contributed by atoms with Gasteiger partial charge in [-0.15, -0.1) is 0 Å². The highest BCUT2D eigenvalue weighted by molar-refractivity contribution is 5.81. The van der Waals surface area contributed by atoms with Gasteiger partial charge in [0.05, 0.1) is 32.3 Å². The predicted molar refractivity (Wildman–Crippen MR) is 143 cm³/mol. The number of nitrogens with zero attached hydrogens (tertiary/aromatic N) is 1. The molecule has 2 amide bonds.